The number of aromatic nitrogens is 2. The maximum atomic E-state index is 13.2. The average molecular weight is 289 g/mol. The van der Waals surface area contributed by atoms with Gasteiger partial charge in [0.15, 0.2) is 0 Å². The molecule has 112 valence electrons. The number of hydrogen-bond donors (Lipinski definition) is 2. The average Bonchev–Trinajstić information content (AvgIpc) is 2.35. The van der Waals surface area contributed by atoms with Crippen LogP contribution in [0.4, 0.5) is 4.39 Å². The Morgan fingerprint density at radius 1 is 1.29 bits per heavy atom. The quantitative estimate of drug-likeness (QED) is 0.913. The zero-order chi connectivity index (χ0) is 15.6. The molecule has 0 bridgehead atoms. The van der Waals surface area contributed by atoms with Crippen LogP contribution in [0.3, 0.4) is 0 Å². The second kappa shape index (κ2) is 5.77. The van der Waals surface area contributed by atoms with E-state index in [1.54, 1.807) is 13.0 Å². The van der Waals surface area contributed by atoms with Gasteiger partial charge < -0.3 is 10.3 Å². The van der Waals surface area contributed by atoms with Crippen LogP contribution in [-0.2, 0) is 6.54 Å². The van der Waals surface area contributed by atoms with E-state index in [1.807, 2.05) is 20.8 Å². The van der Waals surface area contributed by atoms with Crippen molar-refractivity contribution in [1.82, 2.24) is 15.3 Å². The van der Waals surface area contributed by atoms with Gasteiger partial charge in [0.1, 0.15) is 11.6 Å². The summed E-state index contributed by atoms with van der Waals surface area (Å²) in [6, 6.07) is 5.89. The molecule has 2 rings (SSSR count). The molecule has 1 aromatic heterocycles. The molecule has 0 unspecified atom stereocenters. The number of H-pyrrole nitrogens is 1. The summed E-state index contributed by atoms with van der Waals surface area (Å²) in [4.78, 5) is 19.0. The number of halogens is 1. The molecule has 0 saturated carbocycles. The molecule has 2 aromatic rings. The summed E-state index contributed by atoms with van der Waals surface area (Å²) in [5.41, 5.74) is 1.85. The van der Waals surface area contributed by atoms with Gasteiger partial charge in [-0.25, -0.2) is 9.37 Å². The molecule has 0 fully saturated rings. The first kappa shape index (κ1) is 15.4. The van der Waals surface area contributed by atoms with Crippen LogP contribution < -0.4 is 10.9 Å². The lowest BCUT2D eigenvalue weighted by Crippen LogP contribution is -2.35. The second-order valence-corrected chi connectivity index (χ2v) is 6.15. The SMILES string of the molecule is Cc1cc(F)ccc1-c1nc(CNC(C)(C)C)cc(=O)[nH]1. The predicted octanol–water partition coefficient (Wildman–Crippen LogP) is 2.77. The predicted molar refractivity (Wildman–Crippen MR) is 81.6 cm³/mol. The number of nitrogens with one attached hydrogen (secondary N) is 2. The third kappa shape index (κ3) is 4.23. The normalized spacial score (nSPS) is 11.7. The lowest BCUT2D eigenvalue weighted by molar-refractivity contribution is 0.421. The Morgan fingerprint density at radius 2 is 2.00 bits per heavy atom. The van der Waals surface area contributed by atoms with Crippen molar-refractivity contribution in [3.63, 3.8) is 0 Å². The van der Waals surface area contributed by atoms with Gasteiger partial charge in [-0.05, 0) is 51.5 Å². The molecule has 0 spiro atoms. The third-order valence-electron chi connectivity index (χ3n) is 3.04. The van der Waals surface area contributed by atoms with Gasteiger partial charge in [0.2, 0.25) is 0 Å². The van der Waals surface area contributed by atoms with Gasteiger partial charge in [0.05, 0.1) is 5.69 Å². The first-order chi connectivity index (χ1) is 9.74. The lowest BCUT2D eigenvalue weighted by atomic mass is 10.1. The fraction of sp³-hybridized carbons (Fsp3) is 0.375. The maximum Gasteiger partial charge on any atom is 0.251 e. The van der Waals surface area contributed by atoms with Crippen LogP contribution in [0.5, 0.6) is 0 Å². The van der Waals surface area contributed by atoms with Crippen LogP contribution in [0.15, 0.2) is 29.1 Å². The maximum absolute atomic E-state index is 13.2. The van der Waals surface area contributed by atoms with Crippen molar-refractivity contribution in [3.05, 3.63) is 51.7 Å². The van der Waals surface area contributed by atoms with Crippen LogP contribution in [0.1, 0.15) is 32.0 Å². The number of rotatable bonds is 3. The highest BCUT2D eigenvalue weighted by atomic mass is 19.1. The fourth-order valence-corrected chi connectivity index (χ4v) is 1.97. The van der Waals surface area contributed by atoms with Crippen molar-refractivity contribution in [2.45, 2.75) is 39.8 Å². The highest BCUT2D eigenvalue weighted by Gasteiger charge is 2.11. The van der Waals surface area contributed by atoms with E-state index in [0.29, 0.717) is 18.1 Å². The summed E-state index contributed by atoms with van der Waals surface area (Å²) >= 11 is 0. The monoisotopic (exact) mass is 289 g/mol. The zero-order valence-electron chi connectivity index (χ0n) is 12.7. The van der Waals surface area contributed by atoms with E-state index >= 15 is 0 Å². The molecule has 0 amide bonds. The van der Waals surface area contributed by atoms with Gasteiger partial charge in [-0.1, -0.05) is 0 Å². The molecule has 4 nitrogen and oxygen atoms in total. The van der Waals surface area contributed by atoms with E-state index in [4.69, 9.17) is 0 Å². The molecule has 0 atom stereocenters. The van der Waals surface area contributed by atoms with Gasteiger partial charge in [0, 0.05) is 23.7 Å². The van der Waals surface area contributed by atoms with Crippen molar-refractivity contribution in [2.75, 3.05) is 0 Å². The van der Waals surface area contributed by atoms with Crippen molar-refractivity contribution >= 4 is 0 Å². The van der Waals surface area contributed by atoms with Crippen molar-refractivity contribution < 1.29 is 4.39 Å². The Morgan fingerprint density at radius 3 is 2.62 bits per heavy atom. The van der Waals surface area contributed by atoms with Crippen LogP contribution in [0.2, 0.25) is 0 Å². The first-order valence-electron chi connectivity index (χ1n) is 6.86. The largest absolute Gasteiger partial charge is 0.307 e. The Hall–Kier alpha value is -2.01. The Balaban J connectivity index is 2.37. The molecule has 0 aliphatic heterocycles. The van der Waals surface area contributed by atoms with Crippen LogP contribution in [0, 0.1) is 12.7 Å². The Kier molecular flexibility index (Phi) is 4.23. The smallest absolute Gasteiger partial charge is 0.251 e. The van der Waals surface area contributed by atoms with E-state index in [1.165, 1.54) is 18.2 Å². The molecule has 0 aliphatic rings. The van der Waals surface area contributed by atoms with E-state index in [2.05, 4.69) is 15.3 Å². The summed E-state index contributed by atoms with van der Waals surface area (Å²) in [6.45, 7) is 8.43. The van der Waals surface area contributed by atoms with Gasteiger partial charge in [-0.2, -0.15) is 0 Å². The Bertz CT molecular complexity index is 701. The molecule has 0 radical (unpaired) electrons. The number of nitrogens with zero attached hydrogens (tertiary/aromatic N) is 1. The van der Waals surface area contributed by atoms with Crippen LogP contribution in [0.25, 0.3) is 11.4 Å². The zero-order valence-corrected chi connectivity index (χ0v) is 12.7. The van der Waals surface area contributed by atoms with Gasteiger partial charge in [-0.3, -0.25) is 4.79 Å². The molecule has 1 aromatic carbocycles. The lowest BCUT2D eigenvalue weighted by Gasteiger charge is -2.20. The van der Waals surface area contributed by atoms with Crippen LogP contribution in [-0.4, -0.2) is 15.5 Å². The number of benzene rings is 1. The highest BCUT2D eigenvalue weighted by molar-refractivity contribution is 5.59. The number of hydrogen-bond acceptors (Lipinski definition) is 3. The molecule has 5 heteroatoms. The minimum Gasteiger partial charge on any atom is -0.307 e. The number of aromatic amines is 1. The summed E-state index contributed by atoms with van der Waals surface area (Å²) in [5, 5.41) is 3.29. The summed E-state index contributed by atoms with van der Waals surface area (Å²) in [5.74, 6) is 0.162. The summed E-state index contributed by atoms with van der Waals surface area (Å²) < 4.78 is 13.2. The second-order valence-electron chi connectivity index (χ2n) is 6.15. The highest BCUT2D eigenvalue weighted by Crippen LogP contribution is 2.19. The van der Waals surface area contributed by atoms with E-state index < -0.39 is 0 Å². The van der Waals surface area contributed by atoms with E-state index in [9.17, 15) is 9.18 Å². The molecule has 0 saturated heterocycles. The van der Waals surface area contributed by atoms with Crippen LogP contribution >= 0.6 is 0 Å². The van der Waals surface area contributed by atoms with E-state index in [0.717, 1.165) is 11.1 Å². The molecular weight excluding hydrogens is 269 g/mol. The number of aryl methyl sites for hydroxylation is 1. The topological polar surface area (TPSA) is 57.8 Å². The van der Waals surface area contributed by atoms with Crippen molar-refractivity contribution in [2.24, 2.45) is 0 Å². The summed E-state index contributed by atoms with van der Waals surface area (Å²) in [7, 11) is 0. The standard InChI is InChI=1S/C16H20FN3O/c1-10-7-11(17)5-6-13(10)15-19-12(8-14(21)20-15)9-18-16(2,3)4/h5-8,18H,9H2,1-4H3,(H,19,20,21). The minimum atomic E-state index is -0.302. The Labute approximate surface area is 123 Å². The van der Waals surface area contributed by atoms with Crippen molar-refractivity contribution in [1.29, 1.82) is 0 Å². The molecular formula is C16H20FN3O. The third-order valence-corrected chi connectivity index (χ3v) is 3.04. The molecule has 0 aliphatic carbocycles. The van der Waals surface area contributed by atoms with Gasteiger partial charge in [-0.15, -0.1) is 0 Å². The van der Waals surface area contributed by atoms with E-state index in [-0.39, 0.29) is 16.9 Å². The fourth-order valence-electron chi connectivity index (χ4n) is 1.97. The summed E-state index contributed by atoms with van der Waals surface area (Å²) in [6.07, 6.45) is 0. The molecule has 21 heavy (non-hydrogen) atoms. The molecule has 2 N–H and O–H groups in total. The van der Waals surface area contributed by atoms with Gasteiger partial charge in [0.25, 0.3) is 5.56 Å². The minimum absolute atomic E-state index is 0.0593. The molecule has 1 heterocycles. The first-order valence-corrected chi connectivity index (χ1v) is 6.86. The van der Waals surface area contributed by atoms with Crippen molar-refractivity contribution in [3.8, 4) is 11.4 Å². The van der Waals surface area contributed by atoms with Gasteiger partial charge >= 0.3 is 0 Å².